The van der Waals surface area contributed by atoms with Crippen LogP contribution in [-0.4, -0.2) is 83.7 Å². The molecule has 1 aromatic carbocycles. The van der Waals surface area contributed by atoms with Gasteiger partial charge in [-0.2, -0.15) is 0 Å². The standard InChI is InChI=1S/C16H28FN3O.C6H5FO/c17-7-11-19-8-2-6-15(19)16(21)20-10-3-9-18(12-13-20)14-4-1-5-14;7-5-2-1-3-6(8)4-5/h14-15H,1-13H2;1-4,8H/t15-;/m1./s1. The summed E-state index contributed by atoms with van der Waals surface area (Å²) in [6, 6.07) is 5.92. The van der Waals surface area contributed by atoms with Gasteiger partial charge in [-0.15, -0.1) is 0 Å². The summed E-state index contributed by atoms with van der Waals surface area (Å²) in [5.41, 5.74) is 0. The Balaban J connectivity index is 0.000000252. The molecule has 0 unspecified atom stereocenters. The Morgan fingerprint density at radius 2 is 1.86 bits per heavy atom. The number of alkyl halides is 1. The van der Waals surface area contributed by atoms with E-state index in [4.69, 9.17) is 5.11 Å². The summed E-state index contributed by atoms with van der Waals surface area (Å²) < 4.78 is 24.6. The fourth-order valence-electron chi connectivity index (χ4n) is 4.44. The van der Waals surface area contributed by atoms with Gasteiger partial charge < -0.3 is 10.0 Å². The van der Waals surface area contributed by atoms with Crippen molar-refractivity contribution in [3.8, 4) is 5.75 Å². The smallest absolute Gasteiger partial charge is 0.239 e. The van der Waals surface area contributed by atoms with Crippen molar-refractivity contribution in [2.75, 3.05) is 45.9 Å². The van der Waals surface area contributed by atoms with E-state index in [0.29, 0.717) is 6.54 Å². The van der Waals surface area contributed by atoms with Gasteiger partial charge in [0.2, 0.25) is 5.91 Å². The van der Waals surface area contributed by atoms with E-state index < -0.39 is 5.82 Å². The molecular weight excluding hydrogens is 376 g/mol. The van der Waals surface area contributed by atoms with Crippen LogP contribution in [0.2, 0.25) is 0 Å². The van der Waals surface area contributed by atoms with Crippen molar-refractivity contribution in [2.45, 2.75) is 50.6 Å². The number of phenols is 1. The largest absolute Gasteiger partial charge is 0.508 e. The van der Waals surface area contributed by atoms with Crippen LogP contribution in [0.15, 0.2) is 24.3 Å². The number of benzene rings is 1. The molecule has 1 atom stereocenters. The van der Waals surface area contributed by atoms with Gasteiger partial charge in [-0.05, 0) is 50.8 Å². The number of nitrogens with zero attached hydrogens (tertiary/aromatic N) is 3. The first-order valence-electron chi connectivity index (χ1n) is 10.9. The van der Waals surface area contributed by atoms with Crippen molar-refractivity contribution in [1.82, 2.24) is 14.7 Å². The van der Waals surface area contributed by atoms with E-state index in [-0.39, 0.29) is 24.4 Å². The highest BCUT2D eigenvalue weighted by atomic mass is 19.1. The Morgan fingerprint density at radius 1 is 1.03 bits per heavy atom. The van der Waals surface area contributed by atoms with Gasteiger partial charge in [-0.1, -0.05) is 12.5 Å². The maximum atomic E-state index is 12.7. The molecule has 1 amide bonds. The van der Waals surface area contributed by atoms with Crippen LogP contribution < -0.4 is 0 Å². The maximum absolute atomic E-state index is 12.7. The second kappa shape index (κ2) is 10.9. The lowest BCUT2D eigenvalue weighted by atomic mass is 9.91. The molecular formula is C22H33F2N3O2. The molecule has 162 valence electrons. The number of carbonyl (C=O) groups excluding carboxylic acids is 1. The summed E-state index contributed by atoms with van der Waals surface area (Å²) in [6.45, 7) is 4.83. The molecule has 2 heterocycles. The fourth-order valence-corrected chi connectivity index (χ4v) is 4.44. The Kier molecular flexibility index (Phi) is 8.24. The summed E-state index contributed by atoms with van der Waals surface area (Å²) in [5.74, 6) is -0.202. The molecule has 1 N–H and O–H groups in total. The molecule has 4 rings (SSSR count). The fraction of sp³-hybridized carbons (Fsp3) is 0.682. The number of carbonyl (C=O) groups is 1. The highest BCUT2D eigenvalue weighted by Gasteiger charge is 2.34. The Labute approximate surface area is 172 Å². The van der Waals surface area contributed by atoms with E-state index in [0.717, 1.165) is 64.1 Å². The summed E-state index contributed by atoms with van der Waals surface area (Å²) in [7, 11) is 0. The quantitative estimate of drug-likeness (QED) is 0.831. The van der Waals surface area contributed by atoms with Crippen molar-refractivity contribution in [2.24, 2.45) is 0 Å². The van der Waals surface area contributed by atoms with Gasteiger partial charge in [0.05, 0.1) is 6.04 Å². The van der Waals surface area contributed by atoms with Gasteiger partial charge >= 0.3 is 0 Å². The minimum Gasteiger partial charge on any atom is -0.508 e. The zero-order valence-corrected chi connectivity index (χ0v) is 17.1. The second-order valence-corrected chi connectivity index (χ2v) is 8.16. The van der Waals surface area contributed by atoms with Crippen LogP contribution in [0.25, 0.3) is 0 Å². The molecule has 0 bridgehead atoms. The maximum Gasteiger partial charge on any atom is 0.239 e. The summed E-state index contributed by atoms with van der Waals surface area (Å²) in [6.07, 6.45) is 7.05. The summed E-state index contributed by atoms with van der Waals surface area (Å²) >= 11 is 0. The number of likely N-dealkylation sites (tertiary alicyclic amines) is 1. The zero-order valence-electron chi connectivity index (χ0n) is 17.1. The van der Waals surface area contributed by atoms with E-state index >= 15 is 0 Å². The highest BCUT2D eigenvalue weighted by molar-refractivity contribution is 5.82. The second-order valence-electron chi connectivity index (χ2n) is 8.16. The van der Waals surface area contributed by atoms with Crippen LogP contribution in [0.4, 0.5) is 8.78 Å². The molecule has 2 aliphatic heterocycles. The van der Waals surface area contributed by atoms with E-state index in [1.807, 2.05) is 9.80 Å². The molecule has 0 spiro atoms. The molecule has 1 aliphatic carbocycles. The van der Waals surface area contributed by atoms with Gasteiger partial charge in [0.25, 0.3) is 0 Å². The van der Waals surface area contributed by atoms with Crippen molar-refractivity contribution < 1.29 is 18.7 Å². The summed E-state index contributed by atoms with van der Waals surface area (Å²) in [5, 5.41) is 8.57. The van der Waals surface area contributed by atoms with Crippen molar-refractivity contribution in [1.29, 1.82) is 0 Å². The van der Waals surface area contributed by atoms with E-state index in [2.05, 4.69) is 4.90 Å². The predicted molar refractivity (Wildman–Crippen MR) is 109 cm³/mol. The van der Waals surface area contributed by atoms with Gasteiger partial charge in [-0.3, -0.25) is 14.6 Å². The number of rotatable bonds is 4. The molecule has 2 saturated heterocycles. The van der Waals surface area contributed by atoms with E-state index in [1.165, 1.54) is 37.5 Å². The number of amides is 1. The van der Waals surface area contributed by atoms with Crippen LogP contribution in [0.1, 0.15) is 38.5 Å². The minimum absolute atomic E-state index is 0.0370. The Bertz CT molecular complexity index is 639. The van der Waals surface area contributed by atoms with Gasteiger partial charge in [0, 0.05) is 44.8 Å². The first kappa shape index (κ1) is 22.0. The number of hydrogen-bond donors (Lipinski definition) is 1. The van der Waals surface area contributed by atoms with Crippen LogP contribution in [0.5, 0.6) is 5.75 Å². The topological polar surface area (TPSA) is 47.0 Å². The molecule has 1 aromatic rings. The van der Waals surface area contributed by atoms with Gasteiger partial charge in [-0.25, -0.2) is 8.78 Å². The van der Waals surface area contributed by atoms with Gasteiger partial charge in [0.15, 0.2) is 0 Å². The monoisotopic (exact) mass is 409 g/mol. The average molecular weight is 410 g/mol. The molecule has 29 heavy (non-hydrogen) atoms. The van der Waals surface area contributed by atoms with E-state index in [9.17, 15) is 13.6 Å². The van der Waals surface area contributed by atoms with Crippen LogP contribution in [0, 0.1) is 5.82 Å². The first-order chi connectivity index (χ1) is 14.1. The van der Waals surface area contributed by atoms with Crippen LogP contribution >= 0.6 is 0 Å². The number of phenolic OH excluding ortho intramolecular Hbond substituents is 1. The first-order valence-corrected chi connectivity index (χ1v) is 10.9. The third-order valence-corrected chi connectivity index (χ3v) is 6.26. The predicted octanol–water partition coefficient (Wildman–Crippen LogP) is 3.04. The van der Waals surface area contributed by atoms with Crippen molar-refractivity contribution >= 4 is 5.91 Å². The molecule has 5 nitrogen and oxygen atoms in total. The summed E-state index contributed by atoms with van der Waals surface area (Å²) in [4.78, 5) is 19.4. The Hall–Kier alpha value is -1.73. The van der Waals surface area contributed by atoms with Crippen molar-refractivity contribution in [3.05, 3.63) is 30.1 Å². The molecule has 3 aliphatic rings. The number of halogens is 2. The third-order valence-electron chi connectivity index (χ3n) is 6.26. The highest BCUT2D eigenvalue weighted by Crippen LogP contribution is 2.26. The molecule has 1 saturated carbocycles. The van der Waals surface area contributed by atoms with E-state index in [1.54, 1.807) is 0 Å². The third kappa shape index (κ3) is 6.12. The molecule has 0 aromatic heterocycles. The van der Waals surface area contributed by atoms with Crippen LogP contribution in [0.3, 0.4) is 0 Å². The zero-order chi connectivity index (χ0) is 20.6. The number of aromatic hydroxyl groups is 1. The van der Waals surface area contributed by atoms with Crippen LogP contribution in [-0.2, 0) is 4.79 Å². The van der Waals surface area contributed by atoms with Gasteiger partial charge in [0.1, 0.15) is 18.2 Å². The lowest BCUT2D eigenvalue weighted by Crippen LogP contribution is -2.48. The SMILES string of the molecule is O=C([C@H]1CCCN1CCF)N1CCCN(C2CCC2)CC1.Oc1cccc(F)c1. The minimum atomic E-state index is -0.412. The normalized spacial score (nSPS) is 23.8. The van der Waals surface area contributed by atoms with Crippen molar-refractivity contribution in [3.63, 3.8) is 0 Å². The Morgan fingerprint density at radius 3 is 2.48 bits per heavy atom. The lowest BCUT2D eigenvalue weighted by Gasteiger charge is -2.36. The molecule has 3 fully saturated rings. The lowest BCUT2D eigenvalue weighted by molar-refractivity contribution is -0.136. The molecule has 0 radical (unpaired) electrons. The molecule has 7 heteroatoms. The number of hydrogen-bond acceptors (Lipinski definition) is 4. The average Bonchev–Trinajstić information content (AvgIpc) is 2.98.